The first-order valence-corrected chi connectivity index (χ1v) is 3.42. The second-order valence-electron chi connectivity index (χ2n) is 2.70. The van der Waals surface area contributed by atoms with E-state index in [0.717, 1.165) is 0 Å². The zero-order chi connectivity index (χ0) is 8.48. The molecule has 1 aliphatic rings. The van der Waals surface area contributed by atoms with E-state index in [0.29, 0.717) is 0 Å². The van der Waals surface area contributed by atoms with Gasteiger partial charge in [-0.3, -0.25) is 0 Å². The minimum atomic E-state index is -4.22. The van der Waals surface area contributed by atoms with Crippen LogP contribution in [0.4, 0.5) is 13.2 Å². The van der Waals surface area contributed by atoms with Crippen LogP contribution in [0.1, 0.15) is 6.42 Å². The highest BCUT2D eigenvalue weighted by atomic mass is 35.5. The van der Waals surface area contributed by atoms with E-state index in [4.69, 9.17) is 5.73 Å². The maximum atomic E-state index is 11.9. The van der Waals surface area contributed by atoms with Gasteiger partial charge in [-0.25, -0.2) is 0 Å². The summed E-state index contributed by atoms with van der Waals surface area (Å²) in [6, 6.07) is 0. The Morgan fingerprint density at radius 3 is 2.25 bits per heavy atom. The lowest BCUT2D eigenvalue weighted by Gasteiger charge is -2.12. The summed E-state index contributed by atoms with van der Waals surface area (Å²) in [5.74, 6) is -0.123. The van der Waals surface area contributed by atoms with Crippen LogP contribution in [-0.2, 0) is 4.74 Å². The van der Waals surface area contributed by atoms with Crippen molar-refractivity contribution in [2.24, 2.45) is 11.7 Å². The van der Waals surface area contributed by atoms with Crippen molar-refractivity contribution in [3.8, 4) is 0 Å². The summed E-state index contributed by atoms with van der Waals surface area (Å²) in [7, 11) is 0. The van der Waals surface area contributed by atoms with Crippen LogP contribution in [0.5, 0.6) is 0 Å². The van der Waals surface area contributed by atoms with Gasteiger partial charge in [0.25, 0.3) is 0 Å². The van der Waals surface area contributed by atoms with Gasteiger partial charge in [-0.05, 0) is 18.9 Å². The van der Waals surface area contributed by atoms with Crippen molar-refractivity contribution in [3.63, 3.8) is 0 Å². The minimum Gasteiger partial charge on any atom is -0.368 e. The van der Waals surface area contributed by atoms with E-state index in [9.17, 15) is 13.2 Å². The number of nitrogens with two attached hydrogens (primary N) is 1. The van der Waals surface area contributed by atoms with Gasteiger partial charge in [-0.2, -0.15) is 13.2 Å². The molecular formula is C6H11ClF3NO. The second-order valence-corrected chi connectivity index (χ2v) is 2.70. The zero-order valence-electron chi connectivity index (χ0n) is 6.30. The average molecular weight is 206 g/mol. The number of hydrogen-bond donors (Lipinski definition) is 1. The molecule has 0 aromatic carbocycles. The van der Waals surface area contributed by atoms with Crippen LogP contribution in [0.15, 0.2) is 0 Å². The maximum absolute atomic E-state index is 11.9. The molecule has 2 atom stereocenters. The largest absolute Gasteiger partial charge is 0.414 e. The summed E-state index contributed by atoms with van der Waals surface area (Å²) < 4.78 is 40.2. The molecule has 0 spiro atoms. The Bertz CT molecular complexity index is 141. The predicted octanol–water partition coefficient (Wildman–Crippen LogP) is 1.33. The highest BCUT2D eigenvalue weighted by Gasteiger charge is 2.45. The number of ether oxygens (including phenoxy) is 1. The maximum Gasteiger partial charge on any atom is 0.414 e. The first kappa shape index (κ1) is 12.0. The lowest BCUT2D eigenvalue weighted by Crippen LogP contribution is -2.28. The number of rotatable bonds is 1. The summed E-state index contributed by atoms with van der Waals surface area (Å²) in [5.41, 5.74) is 5.19. The summed E-state index contributed by atoms with van der Waals surface area (Å²) in [4.78, 5) is 0. The van der Waals surface area contributed by atoms with E-state index >= 15 is 0 Å². The molecule has 0 aliphatic carbocycles. The third-order valence-corrected chi connectivity index (χ3v) is 1.78. The molecule has 1 saturated heterocycles. The van der Waals surface area contributed by atoms with E-state index in [2.05, 4.69) is 4.74 Å². The lowest BCUT2D eigenvalue weighted by molar-refractivity contribution is -0.206. The van der Waals surface area contributed by atoms with Gasteiger partial charge < -0.3 is 10.5 Å². The van der Waals surface area contributed by atoms with Crippen molar-refractivity contribution in [1.29, 1.82) is 0 Å². The van der Waals surface area contributed by atoms with Gasteiger partial charge in [0.2, 0.25) is 0 Å². The average Bonchev–Trinajstić information content (AvgIpc) is 2.32. The second kappa shape index (κ2) is 4.30. The molecule has 1 rings (SSSR count). The normalized spacial score (nSPS) is 30.0. The molecule has 0 radical (unpaired) electrons. The van der Waals surface area contributed by atoms with Crippen LogP contribution in [0.3, 0.4) is 0 Å². The molecule has 1 aliphatic heterocycles. The molecule has 2 N–H and O–H groups in total. The van der Waals surface area contributed by atoms with Gasteiger partial charge in [0.1, 0.15) is 0 Å². The SMILES string of the molecule is Cl.NC[C@H]1CO[C@@H](C(F)(F)F)C1. The Hall–Kier alpha value is -0.0000000000000000555. The van der Waals surface area contributed by atoms with E-state index < -0.39 is 12.3 Å². The van der Waals surface area contributed by atoms with Crippen molar-refractivity contribution in [3.05, 3.63) is 0 Å². The molecular weight excluding hydrogens is 195 g/mol. The standard InChI is InChI=1S/C6H10F3NO.ClH/c7-6(8,9)5-1-4(2-10)3-11-5;/h4-5H,1-3,10H2;1H/t4-,5+;/m0./s1. The van der Waals surface area contributed by atoms with Gasteiger partial charge in [0.15, 0.2) is 6.10 Å². The first-order chi connectivity index (χ1) is 5.04. The van der Waals surface area contributed by atoms with Crippen LogP contribution < -0.4 is 5.73 Å². The molecule has 6 heteroatoms. The zero-order valence-corrected chi connectivity index (χ0v) is 7.12. The van der Waals surface area contributed by atoms with Gasteiger partial charge in [0.05, 0.1) is 6.61 Å². The number of hydrogen-bond acceptors (Lipinski definition) is 2. The third kappa shape index (κ3) is 2.80. The molecule has 0 aromatic heterocycles. The number of alkyl halides is 3. The van der Waals surface area contributed by atoms with Crippen molar-refractivity contribution in [1.82, 2.24) is 0 Å². The summed E-state index contributed by atoms with van der Waals surface area (Å²) in [6.45, 7) is 0.410. The van der Waals surface area contributed by atoms with Gasteiger partial charge >= 0.3 is 6.18 Å². The fraction of sp³-hybridized carbons (Fsp3) is 1.00. The minimum absolute atomic E-state index is 0. The van der Waals surface area contributed by atoms with Crippen LogP contribution in [0, 0.1) is 5.92 Å². The predicted molar refractivity (Wildman–Crippen MR) is 40.2 cm³/mol. The summed E-state index contributed by atoms with van der Waals surface area (Å²) in [6.07, 6.45) is -5.79. The Kier molecular flexibility index (Phi) is 4.30. The fourth-order valence-electron chi connectivity index (χ4n) is 1.08. The molecule has 1 heterocycles. The van der Waals surface area contributed by atoms with Crippen LogP contribution in [0.2, 0.25) is 0 Å². The summed E-state index contributed by atoms with van der Waals surface area (Å²) >= 11 is 0. The van der Waals surface area contributed by atoms with Crippen LogP contribution in [-0.4, -0.2) is 25.4 Å². The molecule has 1 fully saturated rings. The Morgan fingerprint density at radius 2 is 2.00 bits per heavy atom. The topological polar surface area (TPSA) is 35.2 Å². The molecule has 0 aromatic rings. The van der Waals surface area contributed by atoms with E-state index in [-0.39, 0.29) is 37.9 Å². The van der Waals surface area contributed by atoms with Gasteiger partial charge in [-0.15, -0.1) is 12.4 Å². The first-order valence-electron chi connectivity index (χ1n) is 3.42. The molecule has 74 valence electrons. The van der Waals surface area contributed by atoms with Crippen molar-refractivity contribution in [2.45, 2.75) is 18.7 Å². The van der Waals surface area contributed by atoms with E-state index in [1.165, 1.54) is 0 Å². The van der Waals surface area contributed by atoms with Crippen LogP contribution >= 0.6 is 12.4 Å². The monoisotopic (exact) mass is 205 g/mol. The Balaban J connectivity index is 0.00000121. The van der Waals surface area contributed by atoms with E-state index in [1.54, 1.807) is 0 Å². The Labute approximate surface area is 74.7 Å². The molecule has 2 nitrogen and oxygen atoms in total. The molecule has 0 bridgehead atoms. The summed E-state index contributed by atoms with van der Waals surface area (Å²) in [5, 5.41) is 0. The molecule has 0 unspecified atom stereocenters. The fourth-order valence-corrected chi connectivity index (χ4v) is 1.08. The molecule has 0 amide bonds. The lowest BCUT2D eigenvalue weighted by atomic mass is 10.1. The Morgan fingerprint density at radius 1 is 1.42 bits per heavy atom. The molecule has 0 saturated carbocycles. The smallest absolute Gasteiger partial charge is 0.368 e. The van der Waals surface area contributed by atoms with Crippen LogP contribution in [0.25, 0.3) is 0 Å². The van der Waals surface area contributed by atoms with Crippen molar-refractivity contribution in [2.75, 3.05) is 13.2 Å². The van der Waals surface area contributed by atoms with Gasteiger partial charge in [-0.1, -0.05) is 0 Å². The third-order valence-electron chi connectivity index (χ3n) is 1.78. The van der Waals surface area contributed by atoms with E-state index in [1.807, 2.05) is 0 Å². The highest BCUT2D eigenvalue weighted by molar-refractivity contribution is 5.85. The number of halogens is 4. The van der Waals surface area contributed by atoms with Crippen molar-refractivity contribution < 1.29 is 17.9 Å². The quantitative estimate of drug-likeness (QED) is 0.701. The highest BCUT2D eigenvalue weighted by Crippen LogP contribution is 2.32. The van der Waals surface area contributed by atoms with Gasteiger partial charge in [0, 0.05) is 0 Å². The molecule has 12 heavy (non-hydrogen) atoms. The van der Waals surface area contributed by atoms with Crippen molar-refractivity contribution >= 4 is 12.4 Å².